The van der Waals surface area contributed by atoms with E-state index in [1.54, 1.807) is 28.5 Å². The van der Waals surface area contributed by atoms with Crippen molar-refractivity contribution < 1.29 is 97.0 Å². The quantitative estimate of drug-likeness (QED) is 0.161. The predicted octanol–water partition coefficient (Wildman–Crippen LogP) is -0.0983. The van der Waals surface area contributed by atoms with Gasteiger partial charge < -0.3 is 53.4 Å². The summed E-state index contributed by atoms with van der Waals surface area (Å²) in [5, 5.41) is 35.1. The number of piperazine rings is 1. The molecule has 17 nitrogen and oxygen atoms in total. The SMILES string of the molecule is COc1c(N2CCN(C(=O)OCOC(=O)CCC(=O)OCC(=O)[C@@]3(O)CCC4C5CCC6=CC(=O)C=C[C@]6(C)C5[C@@H](O)C[C@@]43C)C(C)C2)c(F)cc2c(=O)c(C(=O)[O-])cn(C3CC3)c12.[Na+]. The molecule has 6 aliphatic rings. The van der Waals surface area contributed by atoms with Gasteiger partial charge in [-0.25, -0.2) is 9.18 Å². The number of ketones is 2. The molecule has 0 bridgehead atoms. The molecular weight excluding hydrogens is 861 g/mol. The van der Waals surface area contributed by atoms with E-state index in [1.165, 1.54) is 18.2 Å². The van der Waals surface area contributed by atoms with E-state index in [0.717, 1.165) is 24.5 Å². The number of aliphatic hydroxyl groups excluding tert-OH is 1. The van der Waals surface area contributed by atoms with Gasteiger partial charge in [0, 0.05) is 54.7 Å². The summed E-state index contributed by atoms with van der Waals surface area (Å²) in [7, 11) is 1.33. The third-order valence-corrected chi connectivity index (χ3v) is 15.1. The number of halogens is 1. The standard InChI is InChI=1S/C46H54FN3O14.Na/c1-24-20-48(39-32(47)18-29-38(41(39)61-4)50(26-6-7-26)21-30(40(29)56)42(57)58)15-16-49(24)43(59)64-23-63-36(55)10-9-35(54)62-22-34(53)46(60)14-12-31-28-8-5-25-17-27(51)11-13-44(25,2)37(28)33(52)19-45(31,46)3;/h11,13,17-18,21,24,26,28,31,33,37,52,60H,5-10,12,14-16,19-20,22-23H2,1-4H3,(H,57,58);/q;+1/p-1/t24?,28?,31?,33-,37?,44-,45-,46-;/m0./s1. The van der Waals surface area contributed by atoms with Crippen LogP contribution >= 0.6 is 0 Å². The Kier molecular flexibility index (Phi) is 13.5. The second-order valence-corrected chi connectivity index (χ2v) is 18.7. The monoisotopic (exact) mass is 913 g/mol. The number of nitrogens with zero attached hydrogens (tertiary/aromatic N) is 3. The van der Waals surface area contributed by atoms with Crippen LogP contribution in [0.1, 0.15) is 95.0 Å². The first-order valence-electron chi connectivity index (χ1n) is 21.9. The Bertz CT molecular complexity index is 2450. The summed E-state index contributed by atoms with van der Waals surface area (Å²) in [6, 6.07) is 0.351. The van der Waals surface area contributed by atoms with Crippen LogP contribution in [0.25, 0.3) is 10.9 Å². The Hall–Kier alpha value is -4.62. The molecule has 1 aliphatic heterocycles. The van der Waals surface area contributed by atoms with Crippen LogP contribution in [-0.4, -0.2) is 113 Å². The number of aromatic nitrogens is 1. The first kappa shape index (κ1) is 48.3. The number of hydrogen-bond donors (Lipinski definition) is 2. The Morgan fingerprint density at radius 2 is 1.71 bits per heavy atom. The second kappa shape index (κ2) is 18.2. The van der Waals surface area contributed by atoms with Crippen molar-refractivity contribution in [1.82, 2.24) is 9.47 Å². The van der Waals surface area contributed by atoms with Gasteiger partial charge in [0.1, 0.15) is 11.3 Å². The minimum absolute atomic E-state index is 0. The molecule has 5 fully saturated rings. The Morgan fingerprint density at radius 3 is 2.37 bits per heavy atom. The van der Waals surface area contributed by atoms with Gasteiger partial charge in [-0.15, -0.1) is 0 Å². The van der Waals surface area contributed by atoms with E-state index in [2.05, 4.69) is 0 Å². The van der Waals surface area contributed by atoms with Gasteiger partial charge in [0.15, 0.2) is 29.4 Å². The third-order valence-electron chi connectivity index (χ3n) is 15.1. The number of aromatic carboxylic acids is 1. The van der Waals surface area contributed by atoms with Crippen molar-refractivity contribution in [1.29, 1.82) is 0 Å². The molecule has 2 heterocycles. The van der Waals surface area contributed by atoms with Crippen molar-refractivity contribution in [2.24, 2.45) is 28.6 Å². The van der Waals surface area contributed by atoms with Crippen LogP contribution in [0.2, 0.25) is 0 Å². The number of carbonyl (C=O) groups excluding carboxylic acids is 6. The van der Waals surface area contributed by atoms with Crippen molar-refractivity contribution in [3.8, 4) is 5.75 Å². The maximum Gasteiger partial charge on any atom is 1.00 e. The smallest absolute Gasteiger partial charge is 0.545 e. The van der Waals surface area contributed by atoms with Crippen LogP contribution in [-0.2, 0) is 33.4 Å². The molecule has 1 aromatic heterocycles. The average Bonchev–Trinajstić information content (AvgIpc) is 4.05. The number of Topliss-reactive ketones (excluding diaryl/α,β-unsaturated/α-hetero) is 1. The van der Waals surface area contributed by atoms with Crippen molar-refractivity contribution in [3.05, 3.63) is 57.7 Å². The largest absolute Gasteiger partial charge is 1.00 e. The first-order valence-corrected chi connectivity index (χ1v) is 21.9. The number of esters is 2. The number of carboxylic acids is 1. The number of fused-ring (bicyclic) bond motifs is 6. The molecule has 1 saturated heterocycles. The summed E-state index contributed by atoms with van der Waals surface area (Å²) in [5.41, 5.74) is -3.49. The molecular formula is C46H53FN3NaO14. The molecule has 8 atom stereocenters. The Labute approximate surface area is 396 Å². The van der Waals surface area contributed by atoms with Gasteiger partial charge in [0.25, 0.3) is 0 Å². The molecule has 2 N–H and O–H groups in total. The van der Waals surface area contributed by atoms with E-state index < -0.39 is 101 Å². The molecule has 8 rings (SSSR count). The fourth-order valence-corrected chi connectivity index (χ4v) is 11.8. The van der Waals surface area contributed by atoms with E-state index in [9.17, 15) is 48.9 Å². The molecule has 0 spiro atoms. The molecule has 4 saturated carbocycles. The molecule has 65 heavy (non-hydrogen) atoms. The minimum atomic E-state index is -1.85. The summed E-state index contributed by atoms with van der Waals surface area (Å²) in [5.74, 6) is -5.19. The number of benzene rings is 1. The van der Waals surface area contributed by atoms with Gasteiger partial charge in [-0.2, -0.15) is 0 Å². The number of ether oxygens (including phenoxy) is 4. The maximum atomic E-state index is 15.8. The van der Waals surface area contributed by atoms with Crippen LogP contribution in [0, 0.1) is 34.4 Å². The second-order valence-electron chi connectivity index (χ2n) is 18.7. The van der Waals surface area contributed by atoms with Crippen LogP contribution in [0.4, 0.5) is 14.9 Å². The van der Waals surface area contributed by atoms with Crippen molar-refractivity contribution >= 4 is 52.2 Å². The number of amides is 1. The molecule has 0 radical (unpaired) electrons. The maximum absolute atomic E-state index is 15.8. The minimum Gasteiger partial charge on any atom is -0.545 e. The number of allylic oxidation sites excluding steroid dienone is 4. The van der Waals surface area contributed by atoms with E-state index in [4.69, 9.17) is 18.9 Å². The number of anilines is 1. The Morgan fingerprint density at radius 1 is 1.00 bits per heavy atom. The van der Waals surface area contributed by atoms with Gasteiger partial charge >= 0.3 is 47.6 Å². The molecule has 19 heteroatoms. The summed E-state index contributed by atoms with van der Waals surface area (Å²) in [6.07, 6.45) is 7.46. The summed E-state index contributed by atoms with van der Waals surface area (Å²) in [4.78, 5) is 91.7. The number of pyridine rings is 1. The zero-order valence-corrected chi connectivity index (χ0v) is 39.3. The number of hydrogen-bond acceptors (Lipinski definition) is 15. The van der Waals surface area contributed by atoms with Crippen LogP contribution in [0.3, 0.4) is 0 Å². The van der Waals surface area contributed by atoms with Crippen molar-refractivity contribution in [2.75, 3.05) is 45.0 Å². The molecule has 1 amide bonds. The third kappa shape index (κ3) is 8.42. The number of carbonyl (C=O) groups is 6. The van der Waals surface area contributed by atoms with Gasteiger partial charge in [-0.05, 0) is 81.9 Å². The van der Waals surface area contributed by atoms with Crippen LogP contribution in [0.15, 0.2) is 40.9 Å². The zero-order chi connectivity index (χ0) is 46.0. The van der Waals surface area contributed by atoms with Crippen molar-refractivity contribution in [2.45, 2.75) is 102 Å². The van der Waals surface area contributed by atoms with E-state index in [-0.39, 0.29) is 114 Å². The van der Waals surface area contributed by atoms with Crippen LogP contribution in [0.5, 0.6) is 5.75 Å². The van der Waals surface area contributed by atoms with E-state index >= 15 is 4.39 Å². The topological polar surface area (TPSA) is 231 Å². The van der Waals surface area contributed by atoms with E-state index in [1.807, 2.05) is 19.9 Å². The fraction of sp³-hybridized carbons (Fsp3) is 0.587. The molecule has 1 aromatic carbocycles. The molecule has 2 aromatic rings. The normalized spacial score (nSPS) is 30.3. The number of methoxy groups -OCH3 is 1. The number of rotatable bonds is 12. The summed E-state index contributed by atoms with van der Waals surface area (Å²) in [6.45, 7) is 4.38. The molecule has 344 valence electrons. The number of aliphatic hydroxyl groups is 2. The molecule has 4 unspecified atom stereocenters. The first-order chi connectivity index (χ1) is 30.3. The summed E-state index contributed by atoms with van der Waals surface area (Å²) < 4.78 is 38.5. The average molecular weight is 914 g/mol. The van der Waals surface area contributed by atoms with E-state index in [0.29, 0.717) is 19.3 Å². The van der Waals surface area contributed by atoms with Gasteiger partial charge in [-0.1, -0.05) is 25.5 Å². The van der Waals surface area contributed by atoms with Gasteiger partial charge in [-0.3, -0.25) is 24.0 Å². The fourth-order valence-electron chi connectivity index (χ4n) is 11.8. The Balaban J connectivity index is 0.00000630. The predicted molar refractivity (Wildman–Crippen MR) is 221 cm³/mol. The van der Waals surface area contributed by atoms with Crippen LogP contribution < -0.4 is 49.7 Å². The van der Waals surface area contributed by atoms with Gasteiger partial charge in [0.2, 0.25) is 12.6 Å². The zero-order valence-electron chi connectivity index (χ0n) is 37.3. The summed E-state index contributed by atoms with van der Waals surface area (Å²) >= 11 is 0. The van der Waals surface area contributed by atoms with Crippen molar-refractivity contribution in [3.63, 3.8) is 0 Å². The molecule has 5 aliphatic carbocycles. The number of carboxylic acid groups (broad SMARTS) is 1. The van der Waals surface area contributed by atoms with Gasteiger partial charge in [0.05, 0.1) is 48.5 Å².